The second-order valence-corrected chi connectivity index (χ2v) is 10.1. The molecule has 156 valence electrons. The summed E-state index contributed by atoms with van der Waals surface area (Å²) in [4.78, 5) is 15.2. The summed E-state index contributed by atoms with van der Waals surface area (Å²) in [6.07, 6.45) is 5.21. The van der Waals surface area contributed by atoms with Crippen molar-refractivity contribution < 1.29 is 4.79 Å². The standard InChI is InChI=1S/C21H23N5OS3/c1-3-14-9-13(11-28-14)19-24-25-21(26(19)4-2)29-12-18(27)23-20-16(10-22)15-7-5-6-8-17(15)30-20/h9,11H,3-8,12H2,1-2H3,(H,23,27). The molecule has 9 heteroatoms. The van der Waals surface area contributed by atoms with Crippen molar-refractivity contribution in [3.05, 3.63) is 32.3 Å². The zero-order valence-electron chi connectivity index (χ0n) is 17.0. The maximum absolute atomic E-state index is 12.6. The van der Waals surface area contributed by atoms with Gasteiger partial charge in [-0.2, -0.15) is 5.26 Å². The van der Waals surface area contributed by atoms with E-state index in [1.807, 2.05) is 4.57 Å². The van der Waals surface area contributed by atoms with Gasteiger partial charge in [0.2, 0.25) is 5.91 Å². The number of hydrogen-bond acceptors (Lipinski definition) is 7. The Hall–Kier alpha value is -2.15. The second-order valence-electron chi connectivity index (χ2n) is 7.07. The first kappa shape index (κ1) is 21.1. The van der Waals surface area contributed by atoms with Crippen molar-refractivity contribution in [1.82, 2.24) is 14.8 Å². The number of thioether (sulfide) groups is 1. The van der Waals surface area contributed by atoms with Crippen molar-refractivity contribution in [1.29, 1.82) is 5.26 Å². The minimum Gasteiger partial charge on any atom is -0.316 e. The van der Waals surface area contributed by atoms with Gasteiger partial charge in [0, 0.05) is 27.2 Å². The van der Waals surface area contributed by atoms with Gasteiger partial charge >= 0.3 is 0 Å². The molecule has 3 aromatic rings. The molecule has 1 aliphatic carbocycles. The molecule has 30 heavy (non-hydrogen) atoms. The Bertz CT molecular complexity index is 1100. The number of carbonyl (C=O) groups is 1. The summed E-state index contributed by atoms with van der Waals surface area (Å²) in [6, 6.07) is 4.45. The number of fused-ring (bicyclic) bond motifs is 1. The maximum Gasteiger partial charge on any atom is 0.235 e. The van der Waals surface area contributed by atoms with E-state index in [4.69, 9.17) is 0 Å². The third kappa shape index (κ3) is 4.17. The van der Waals surface area contributed by atoms with Crippen LogP contribution in [0.5, 0.6) is 0 Å². The maximum atomic E-state index is 12.6. The Labute approximate surface area is 188 Å². The summed E-state index contributed by atoms with van der Waals surface area (Å²) in [5.74, 6) is 0.954. The summed E-state index contributed by atoms with van der Waals surface area (Å²) >= 11 is 4.66. The fraction of sp³-hybridized carbons (Fsp3) is 0.429. The lowest BCUT2D eigenvalue weighted by molar-refractivity contribution is -0.113. The molecule has 3 heterocycles. The van der Waals surface area contributed by atoms with Crippen molar-refractivity contribution in [3.8, 4) is 17.5 Å². The quantitative estimate of drug-likeness (QED) is 0.497. The predicted octanol–water partition coefficient (Wildman–Crippen LogP) is 5.13. The van der Waals surface area contributed by atoms with Crippen LogP contribution in [0, 0.1) is 11.3 Å². The van der Waals surface area contributed by atoms with Crippen molar-refractivity contribution >= 4 is 45.3 Å². The summed E-state index contributed by atoms with van der Waals surface area (Å²) < 4.78 is 2.05. The van der Waals surface area contributed by atoms with E-state index in [1.54, 1.807) is 22.7 Å². The minimum atomic E-state index is -0.119. The van der Waals surface area contributed by atoms with E-state index in [9.17, 15) is 10.1 Å². The Morgan fingerprint density at radius 2 is 2.17 bits per heavy atom. The van der Waals surface area contributed by atoms with E-state index in [0.717, 1.165) is 60.8 Å². The number of thiophene rings is 2. The van der Waals surface area contributed by atoms with E-state index < -0.39 is 0 Å². The lowest BCUT2D eigenvalue weighted by atomic mass is 9.96. The number of carbonyl (C=O) groups excluding carboxylic acids is 1. The summed E-state index contributed by atoms with van der Waals surface area (Å²) in [5, 5.41) is 24.7. The molecule has 0 saturated heterocycles. The van der Waals surface area contributed by atoms with Crippen molar-refractivity contribution in [2.75, 3.05) is 11.1 Å². The van der Waals surface area contributed by atoms with Crippen LogP contribution in [0.4, 0.5) is 5.00 Å². The van der Waals surface area contributed by atoms with Crippen LogP contribution in [-0.4, -0.2) is 26.4 Å². The number of amides is 1. The van der Waals surface area contributed by atoms with E-state index in [-0.39, 0.29) is 11.7 Å². The molecule has 4 rings (SSSR count). The van der Waals surface area contributed by atoms with Gasteiger partial charge in [-0.15, -0.1) is 32.9 Å². The fourth-order valence-electron chi connectivity index (χ4n) is 3.64. The zero-order valence-corrected chi connectivity index (χ0v) is 19.5. The number of aryl methyl sites for hydroxylation is 2. The van der Waals surface area contributed by atoms with Crippen molar-refractivity contribution in [3.63, 3.8) is 0 Å². The Balaban J connectivity index is 1.45. The van der Waals surface area contributed by atoms with Gasteiger partial charge in [-0.05, 0) is 50.7 Å². The first-order valence-corrected chi connectivity index (χ1v) is 12.8. The Morgan fingerprint density at radius 1 is 1.33 bits per heavy atom. The zero-order chi connectivity index (χ0) is 21.1. The van der Waals surface area contributed by atoms with Gasteiger partial charge in [0.05, 0.1) is 11.3 Å². The summed E-state index contributed by atoms with van der Waals surface area (Å²) in [7, 11) is 0. The molecule has 1 N–H and O–H groups in total. The van der Waals surface area contributed by atoms with Gasteiger partial charge in [-0.3, -0.25) is 4.79 Å². The summed E-state index contributed by atoms with van der Waals surface area (Å²) in [5.41, 5.74) is 2.86. The average molecular weight is 458 g/mol. The molecule has 3 aromatic heterocycles. The number of nitriles is 1. The Kier molecular flexibility index (Phi) is 6.56. The first-order chi connectivity index (χ1) is 14.6. The highest BCUT2D eigenvalue weighted by molar-refractivity contribution is 7.99. The number of nitrogens with one attached hydrogen (secondary N) is 1. The van der Waals surface area contributed by atoms with Crippen molar-refractivity contribution in [2.45, 2.75) is 57.7 Å². The van der Waals surface area contributed by atoms with Gasteiger partial charge < -0.3 is 9.88 Å². The molecule has 6 nitrogen and oxygen atoms in total. The fourth-order valence-corrected chi connectivity index (χ4v) is 6.51. The molecule has 0 unspecified atom stereocenters. The van der Waals surface area contributed by atoms with E-state index in [1.165, 1.54) is 21.5 Å². The molecular formula is C21H23N5OS3. The molecule has 0 aliphatic heterocycles. The van der Waals surface area contributed by atoms with Gasteiger partial charge in [0.15, 0.2) is 11.0 Å². The summed E-state index contributed by atoms with van der Waals surface area (Å²) in [6.45, 7) is 4.93. The number of nitrogens with zero attached hydrogens (tertiary/aromatic N) is 4. The van der Waals surface area contributed by atoms with Crippen LogP contribution >= 0.6 is 34.4 Å². The van der Waals surface area contributed by atoms with Crippen LogP contribution in [0.1, 0.15) is 47.6 Å². The third-order valence-electron chi connectivity index (χ3n) is 5.16. The largest absolute Gasteiger partial charge is 0.316 e. The van der Waals surface area contributed by atoms with Crippen LogP contribution in [0.2, 0.25) is 0 Å². The predicted molar refractivity (Wildman–Crippen MR) is 123 cm³/mol. The topological polar surface area (TPSA) is 83.6 Å². The second kappa shape index (κ2) is 9.33. The molecule has 0 spiro atoms. The van der Waals surface area contributed by atoms with Gasteiger partial charge in [-0.1, -0.05) is 18.7 Å². The average Bonchev–Trinajstić information content (AvgIpc) is 3.47. The highest BCUT2D eigenvalue weighted by Gasteiger charge is 2.22. The van der Waals surface area contributed by atoms with Crippen LogP contribution in [0.3, 0.4) is 0 Å². The first-order valence-electron chi connectivity index (χ1n) is 10.1. The molecule has 0 atom stereocenters. The van der Waals surface area contributed by atoms with E-state index >= 15 is 0 Å². The minimum absolute atomic E-state index is 0.119. The van der Waals surface area contributed by atoms with Crippen LogP contribution < -0.4 is 5.32 Å². The third-order valence-corrected chi connectivity index (χ3v) is 8.42. The molecule has 0 aromatic carbocycles. The smallest absolute Gasteiger partial charge is 0.235 e. The monoisotopic (exact) mass is 457 g/mol. The SMILES string of the molecule is CCc1cc(-c2nnc(SCC(=O)Nc3sc4c(c3C#N)CCCC4)n2CC)cs1. The van der Waals surface area contributed by atoms with Gasteiger partial charge in [-0.25, -0.2) is 0 Å². The number of hydrogen-bond donors (Lipinski definition) is 1. The normalized spacial score (nSPS) is 13.1. The van der Waals surface area contributed by atoms with Gasteiger partial charge in [0.25, 0.3) is 0 Å². The molecule has 1 amide bonds. The molecule has 1 aliphatic rings. The van der Waals surface area contributed by atoms with Gasteiger partial charge in [0.1, 0.15) is 11.1 Å². The lowest BCUT2D eigenvalue weighted by Gasteiger charge is -2.09. The Morgan fingerprint density at radius 3 is 2.90 bits per heavy atom. The number of anilines is 1. The molecule has 0 bridgehead atoms. The highest BCUT2D eigenvalue weighted by Crippen LogP contribution is 2.37. The van der Waals surface area contributed by atoms with Crippen LogP contribution in [0.25, 0.3) is 11.4 Å². The highest BCUT2D eigenvalue weighted by atomic mass is 32.2. The van der Waals surface area contributed by atoms with Crippen LogP contribution in [-0.2, 0) is 30.6 Å². The molecule has 0 fully saturated rings. The molecule has 0 saturated carbocycles. The van der Waals surface area contributed by atoms with E-state index in [0.29, 0.717) is 10.6 Å². The van der Waals surface area contributed by atoms with Crippen LogP contribution in [0.15, 0.2) is 16.6 Å². The number of rotatable bonds is 7. The lowest BCUT2D eigenvalue weighted by Crippen LogP contribution is -2.14. The molecular weight excluding hydrogens is 434 g/mol. The van der Waals surface area contributed by atoms with E-state index in [2.05, 4.69) is 46.9 Å². The molecule has 0 radical (unpaired) electrons. The van der Waals surface area contributed by atoms with Crippen molar-refractivity contribution in [2.24, 2.45) is 0 Å². The number of aromatic nitrogens is 3.